The van der Waals surface area contributed by atoms with Gasteiger partial charge in [0.1, 0.15) is 0 Å². The largest absolute Gasteiger partial charge is 0.489 e. The Morgan fingerprint density at radius 1 is 1.39 bits per heavy atom. The van der Waals surface area contributed by atoms with Crippen molar-refractivity contribution in [1.29, 1.82) is 0 Å². The lowest BCUT2D eigenvalue weighted by Crippen LogP contribution is -1.93. The Balaban J connectivity index is 2.64. The third-order valence-electron chi connectivity index (χ3n) is 3.12. The minimum Gasteiger partial charge on any atom is -0.489 e. The number of nitrogens with zero attached hydrogens (tertiary/aromatic N) is 1. The van der Waals surface area contributed by atoms with Crippen LogP contribution in [0, 0.1) is 6.92 Å². The van der Waals surface area contributed by atoms with Gasteiger partial charge in [0.15, 0.2) is 5.76 Å². The number of ether oxygens (including phenoxy) is 1. The zero-order valence-corrected chi connectivity index (χ0v) is 11.1. The first-order valence-electron chi connectivity index (χ1n) is 6.04. The van der Waals surface area contributed by atoms with Gasteiger partial charge in [-0.05, 0) is 43.2 Å². The number of aryl methyl sites for hydroxylation is 2. The van der Waals surface area contributed by atoms with Gasteiger partial charge in [-0.2, -0.15) is 0 Å². The summed E-state index contributed by atoms with van der Waals surface area (Å²) in [6.07, 6.45) is 0.993. The van der Waals surface area contributed by atoms with E-state index in [9.17, 15) is 0 Å². The summed E-state index contributed by atoms with van der Waals surface area (Å²) in [4.78, 5) is 4.61. The maximum atomic E-state index is 5.24. The van der Waals surface area contributed by atoms with Crippen molar-refractivity contribution in [2.24, 2.45) is 0 Å². The average Bonchev–Trinajstić information content (AvgIpc) is 2.39. The SMILES string of the molecule is C=C=C(OC)c1ccc2nc(C)c(CC)cc2c1. The van der Waals surface area contributed by atoms with Gasteiger partial charge < -0.3 is 4.74 Å². The minimum atomic E-state index is 0.663. The normalized spacial score (nSPS) is 10.2. The molecule has 0 unspecified atom stereocenters. The van der Waals surface area contributed by atoms with Crippen LogP contribution < -0.4 is 0 Å². The number of fused-ring (bicyclic) bond motifs is 1. The second-order valence-corrected chi connectivity index (χ2v) is 4.20. The third-order valence-corrected chi connectivity index (χ3v) is 3.12. The molecule has 2 aromatic rings. The predicted molar refractivity (Wildman–Crippen MR) is 75.4 cm³/mol. The van der Waals surface area contributed by atoms with Gasteiger partial charge in [-0.25, -0.2) is 0 Å². The number of methoxy groups -OCH3 is 1. The molecule has 0 atom stereocenters. The van der Waals surface area contributed by atoms with Gasteiger partial charge in [-0.1, -0.05) is 19.2 Å². The molecule has 2 rings (SSSR count). The van der Waals surface area contributed by atoms with E-state index in [4.69, 9.17) is 4.74 Å². The number of hydrogen-bond donors (Lipinski definition) is 0. The zero-order chi connectivity index (χ0) is 13.1. The molecule has 0 aliphatic carbocycles. The van der Waals surface area contributed by atoms with E-state index < -0.39 is 0 Å². The lowest BCUT2D eigenvalue weighted by atomic mass is 10.0. The Kier molecular flexibility index (Phi) is 3.50. The first-order valence-corrected chi connectivity index (χ1v) is 6.04. The molecule has 0 bridgehead atoms. The Hall–Kier alpha value is -2.05. The van der Waals surface area contributed by atoms with Gasteiger partial charge in [0, 0.05) is 16.6 Å². The van der Waals surface area contributed by atoms with E-state index in [0.29, 0.717) is 5.76 Å². The lowest BCUT2D eigenvalue weighted by Gasteiger charge is -2.08. The minimum absolute atomic E-state index is 0.663. The van der Waals surface area contributed by atoms with Crippen LogP contribution in [0.5, 0.6) is 0 Å². The standard InChI is InChI=1S/C16H17NO/c1-5-12-9-14-10-13(16(6-2)18-4)7-8-15(14)17-11(12)3/h7-10H,2,5H2,1,3-4H3. The van der Waals surface area contributed by atoms with E-state index in [0.717, 1.165) is 28.6 Å². The van der Waals surface area contributed by atoms with Crippen LogP contribution in [0.3, 0.4) is 0 Å². The molecule has 2 heteroatoms. The van der Waals surface area contributed by atoms with E-state index in [-0.39, 0.29) is 0 Å². The summed E-state index contributed by atoms with van der Waals surface area (Å²) in [5.74, 6) is 0.663. The molecule has 0 aliphatic heterocycles. The number of rotatable bonds is 3. The smallest absolute Gasteiger partial charge is 0.168 e. The van der Waals surface area contributed by atoms with Crippen LogP contribution >= 0.6 is 0 Å². The van der Waals surface area contributed by atoms with E-state index in [1.807, 2.05) is 12.1 Å². The van der Waals surface area contributed by atoms with Crippen molar-refractivity contribution in [3.05, 3.63) is 53.4 Å². The third kappa shape index (κ3) is 2.15. The molecular formula is C16H17NO. The molecule has 0 N–H and O–H groups in total. The highest BCUT2D eigenvalue weighted by Gasteiger charge is 2.05. The summed E-state index contributed by atoms with van der Waals surface area (Å²) < 4.78 is 5.24. The van der Waals surface area contributed by atoms with E-state index in [2.05, 4.69) is 43.3 Å². The Labute approximate surface area is 108 Å². The molecule has 0 saturated carbocycles. The van der Waals surface area contributed by atoms with Crippen LogP contribution in [-0.4, -0.2) is 12.1 Å². The molecule has 0 radical (unpaired) electrons. The van der Waals surface area contributed by atoms with Crippen LogP contribution in [0.4, 0.5) is 0 Å². The summed E-state index contributed by atoms with van der Waals surface area (Å²) in [5.41, 5.74) is 7.16. The second kappa shape index (κ2) is 5.07. The van der Waals surface area contributed by atoms with Crippen molar-refractivity contribution in [3.8, 4) is 0 Å². The van der Waals surface area contributed by atoms with Crippen molar-refractivity contribution in [3.63, 3.8) is 0 Å². The number of aromatic nitrogens is 1. The van der Waals surface area contributed by atoms with Crippen LogP contribution in [0.1, 0.15) is 23.7 Å². The van der Waals surface area contributed by atoms with Crippen LogP contribution in [0.2, 0.25) is 0 Å². The quantitative estimate of drug-likeness (QED) is 0.599. The van der Waals surface area contributed by atoms with Gasteiger partial charge in [0.25, 0.3) is 0 Å². The highest BCUT2D eigenvalue weighted by Crippen LogP contribution is 2.22. The zero-order valence-electron chi connectivity index (χ0n) is 11.1. The van der Waals surface area contributed by atoms with Crippen molar-refractivity contribution in [1.82, 2.24) is 4.98 Å². The molecule has 0 spiro atoms. The maximum Gasteiger partial charge on any atom is 0.168 e. The lowest BCUT2D eigenvalue weighted by molar-refractivity contribution is 0.371. The van der Waals surface area contributed by atoms with Gasteiger partial charge in [-0.15, -0.1) is 0 Å². The Morgan fingerprint density at radius 2 is 2.17 bits per heavy atom. The van der Waals surface area contributed by atoms with Crippen molar-refractivity contribution >= 4 is 16.7 Å². The molecule has 18 heavy (non-hydrogen) atoms. The first kappa shape index (κ1) is 12.4. The predicted octanol–water partition coefficient (Wildman–Crippen LogP) is 3.88. The van der Waals surface area contributed by atoms with Crippen molar-refractivity contribution in [2.45, 2.75) is 20.3 Å². The molecule has 0 fully saturated rings. The number of hydrogen-bond acceptors (Lipinski definition) is 2. The Morgan fingerprint density at radius 3 is 2.78 bits per heavy atom. The molecule has 1 aromatic heterocycles. The monoisotopic (exact) mass is 239 g/mol. The number of pyridine rings is 1. The molecule has 1 aromatic carbocycles. The fourth-order valence-electron chi connectivity index (χ4n) is 2.11. The van der Waals surface area contributed by atoms with Gasteiger partial charge in [-0.3, -0.25) is 4.98 Å². The first-order chi connectivity index (χ1) is 8.69. The molecule has 0 aliphatic rings. The fourth-order valence-corrected chi connectivity index (χ4v) is 2.11. The average molecular weight is 239 g/mol. The van der Waals surface area contributed by atoms with E-state index >= 15 is 0 Å². The Bertz CT molecular complexity index is 637. The summed E-state index contributed by atoms with van der Waals surface area (Å²) in [6.45, 7) is 7.83. The summed E-state index contributed by atoms with van der Waals surface area (Å²) in [7, 11) is 1.63. The molecule has 92 valence electrons. The van der Waals surface area contributed by atoms with Gasteiger partial charge >= 0.3 is 0 Å². The highest BCUT2D eigenvalue weighted by atomic mass is 16.5. The van der Waals surface area contributed by atoms with Gasteiger partial charge in [0.2, 0.25) is 0 Å². The number of benzene rings is 1. The summed E-state index contributed by atoms with van der Waals surface area (Å²) in [6, 6.07) is 8.25. The maximum absolute atomic E-state index is 5.24. The molecule has 2 nitrogen and oxygen atoms in total. The summed E-state index contributed by atoms with van der Waals surface area (Å²) in [5, 5.41) is 1.12. The van der Waals surface area contributed by atoms with Crippen LogP contribution in [0.25, 0.3) is 16.7 Å². The molecular weight excluding hydrogens is 222 g/mol. The molecule has 0 saturated heterocycles. The summed E-state index contributed by atoms with van der Waals surface area (Å²) >= 11 is 0. The second-order valence-electron chi connectivity index (χ2n) is 4.20. The van der Waals surface area contributed by atoms with Crippen molar-refractivity contribution in [2.75, 3.05) is 7.11 Å². The van der Waals surface area contributed by atoms with E-state index in [1.54, 1.807) is 7.11 Å². The highest BCUT2D eigenvalue weighted by molar-refractivity contribution is 5.83. The molecule has 0 amide bonds. The fraction of sp³-hybridized carbons (Fsp3) is 0.250. The topological polar surface area (TPSA) is 22.1 Å². The van der Waals surface area contributed by atoms with Crippen LogP contribution in [-0.2, 0) is 11.2 Å². The molecule has 1 heterocycles. The van der Waals surface area contributed by atoms with Gasteiger partial charge in [0.05, 0.1) is 12.6 Å². The van der Waals surface area contributed by atoms with Crippen LogP contribution in [0.15, 0.2) is 36.6 Å². The van der Waals surface area contributed by atoms with E-state index in [1.165, 1.54) is 5.56 Å². The van der Waals surface area contributed by atoms with Crippen molar-refractivity contribution < 1.29 is 4.74 Å².